The second-order valence-corrected chi connectivity index (χ2v) is 5.83. The molecule has 3 heteroatoms. The lowest BCUT2D eigenvalue weighted by Crippen LogP contribution is -2.18. The van der Waals surface area contributed by atoms with E-state index in [9.17, 15) is 0 Å². The molecule has 0 bridgehead atoms. The lowest BCUT2D eigenvalue weighted by atomic mass is 10.1. The van der Waals surface area contributed by atoms with E-state index in [4.69, 9.17) is 9.47 Å². The van der Waals surface area contributed by atoms with Crippen molar-refractivity contribution in [3.05, 3.63) is 70.8 Å². The Morgan fingerprint density at radius 2 is 1.82 bits per heavy atom. The zero-order valence-corrected chi connectivity index (χ0v) is 13.2. The van der Waals surface area contributed by atoms with E-state index in [1.807, 2.05) is 0 Å². The summed E-state index contributed by atoms with van der Waals surface area (Å²) < 4.78 is 11.0. The Morgan fingerprint density at radius 1 is 1.09 bits per heavy atom. The standard InChI is InChI=1S/C19H23NO2/c1-14-4-3-5-18(12-14)15(2)20-13-16-6-8-17(9-7-16)19-21-10-11-22-19/h3-9,12,15,19-20H,10-11,13H2,1-2H3. The van der Waals surface area contributed by atoms with E-state index >= 15 is 0 Å². The molecule has 0 amide bonds. The average Bonchev–Trinajstić information content (AvgIpc) is 3.07. The highest BCUT2D eigenvalue weighted by molar-refractivity contribution is 5.26. The molecule has 0 saturated carbocycles. The van der Waals surface area contributed by atoms with Crippen molar-refractivity contribution in [1.29, 1.82) is 0 Å². The number of nitrogens with one attached hydrogen (secondary N) is 1. The predicted molar refractivity (Wildman–Crippen MR) is 87.5 cm³/mol. The summed E-state index contributed by atoms with van der Waals surface area (Å²) in [5.74, 6) is 0. The third kappa shape index (κ3) is 3.74. The van der Waals surface area contributed by atoms with E-state index in [0.29, 0.717) is 19.3 Å². The van der Waals surface area contributed by atoms with Crippen molar-refractivity contribution in [2.24, 2.45) is 0 Å². The quantitative estimate of drug-likeness (QED) is 0.908. The Kier molecular flexibility index (Phi) is 4.88. The van der Waals surface area contributed by atoms with Crippen LogP contribution in [0.15, 0.2) is 48.5 Å². The van der Waals surface area contributed by atoms with Crippen LogP contribution in [0.4, 0.5) is 0 Å². The maximum absolute atomic E-state index is 5.51. The second kappa shape index (κ2) is 7.05. The normalized spacial score (nSPS) is 16.8. The van der Waals surface area contributed by atoms with E-state index in [1.165, 1.54) is 16.7 Å². The molecule has 0 radical (unpaired) electrons. The molecule has 0 aliphatic carbocycles. The second-order valence-electron chi connectivity index (χ2n) is 5.83. The molecule has 1 unspecified atom stereocenters. The minimum Gasteiger partial charge on any atom is -0.346 e. The van der Waals surface area contributed by atoms with E-state index in [0.717, 1.165) is 12.1 Å². The van der Waals surface area contributed by atoms with Crippen molar-refractivity contribution in [1.82, 2.24) is 5.32 Å². The van der Waals surface area contributed by atoms with Crippen molar-refractivity contribution < 1.29 is 9.47 Å². The summed E-state index contributed by atoms with van der Waals surface area (Å²) in [6.07, 6.45) is -0.187. The van der Waals surface area contributed by atoms with Crippen molar-refractivity contribution in [2.75, 3.05) is 13.2 Å². The van der Waals surface area contributed by atoms with Crippen LogP contribution in [-0.2, 0) is 16.0 Å². The van der Waals surface area contributed by atoms with Gasteiger partial charge >= 0.3 is 0 Å². The number of rotatable bonds is 5. The zero-order valence-electron chi connectivity index (χ0n) is 13.2. The van der Waals surface area contributed by atoms with Gasteiger partial charge < -0.3 is 14.8 Å². The topological polar surface area (TPSA) is 30.5 Å². The van der Waals surface area contributed by atoms with Gasteiger partial charge in [-0.05, 0) is 25.0 Å². The molecule has 1 atom stereocenters. The average molecular weight is 297 g/mol. The molecule has 1 saturated heterocycles. The smallest absolute Gasteiger partial charge is 0.184 e. The molecule has 116 valence electrons. The van der Waals surface area contributed by atoms with Crippen molar-refractivity contribution in [3.8, 4) is 0 Å². The fourth-order valence-corrected chi connectivity index (χ4v) is 2.67. The van der Waals surface area contributed by atoms with Crippen LogP contribution in [0.2, 0.25) is 0 Å². The Hall–Kier alpha value is -1.68. The summed E-state index contributed by atoms with van der Waals surface area (Å²) in [5, 5.41) is 3.57. The third-order valence-electron chi connectivity index (χ3n) is 4.03. The number of aryl methyl sites for hydroxylation is 1. The summed E-state index contributed by atoms with van der Waals surface area (Å²) in [7, 11) is 0. The predicted octanol–water partition coefficient (Wildman–Crippen LogP) is 3.89. The first kappa shape index (κ1) is 15.2. The zero-order chi connectivity index (χ0) is 15.4. The minimum absolute atomic E-state index is 0.187. The lowest BCUT2D eigenvalue weighted by molar-refractivity contribution is -0.0441. The molecule has 0 aromatic heterocycles. The van der Waals surface area contributed by atoms with E-state index < -0.39 is 0 Å². The van der Waals surface area contributed by atoms with Gasteiger partial charge in [0.2, 0.25) is 0 Å². The van der Waals surface area contributed by atoms with Crippen LogP contribution in [0.25, 0.3) is 0 Å². The number of ether oxygens (including phenoxy) is 2. The van der Waals surface area contributed by atoms with Gasteiger partial charge in [-0.15, -0.1) is 0 Å². The molecule has 1 aliphatic heterocycles. The van der Waals surface area contributed by atoms with Gasteiger partial charge in [-0.1, -0.05) is 54.1 Å². The molecule has 1 aliphatic rings. The lowest BCUT2D eigenvalue weighted by Gasteiger charge is -2.15. The maximum atomic E-state index is 5.51. The SMILES string of the molecule is Cc1cccc(C(C)NCc2ccc(C3OCCO3)cc2)c1. The largest absolute Gasteiger partial charge is 0.346 e. The summed E-state index contributed by atoms with van der Waals surface area (Å²) in [4.78, 5) is 0. The first-order chi connectivity index (χ1) is 10.7. The molecule has 1 N–H and O–H groups in total. The molecule has 3 rings (SSSR count). The molecule has 22 heavy (non-hydrogen) atoms. The van der Waals surface area contributed by atoms with Crippen LogP contribution in [0, 0.1) is 6.92 Å². The Bertz CT molecular complexity index is 603. The van der Waals surface area contributed by atoms with Crippen LogP contribution in [0.5, 0.6) is 0 Å². The van der Waals surface area contributed by atoms with E-state index in [2.05, 4.69) is 67.7 Å². The minimum atomic E-state index is -0.187. The highest BCUT2D eigenvalue weighted by Gasteiger charge is 2.17. The van der Waals surface area contributed by atoms with Crippen LogP contribution >= 0.6 is 0 Å². The van der Waals surface area contributed by atoms with Gasteiger partial charge in [0.25, 0.3) is 0 Å². The Labute approximate surface area is 132 Å². The van der Waals surface area contributed by atoms with Gasteiger partial charge in [-0.2, -0.15) is 0 Å². The van der Waals surface area contributed by atoms with Crippen LogP contribution < -0.4 is 5.32 Å². The molecule has 2 aromatic rings. The van der Waals surface area contributed by atoms with Gasteiger partial charge in [0.05, 0.1) is 13.2 Å². The van der Waals surface area contributed by atoms with E-state index in [-0.39, 0.29) is 6.29 Å². The fraction of sp³-hybridized carbons (Fsp3) is 0.368. The molecule has 1 heterocycles. The van der Waals surface area contributed by atoms with Gasteiger partial charge in [-0.25, -0.2) is 0 Å². The van der Waals surface area contributed by atoms with Crippen molar-refractivity contribution >= 4 is 0 Å². The number of hydrogen-bond acceptors (Lipinski definition) is 3. The monoisotopic (exact) mass is 297 g/mol. The summed E-state index contributed by atoms with van der Waals surface area (Å²) in [6.45, 7) is 6.54. The molecule has 3 nitrogen and oxygen atoms in total. The fourth-order valence-electron chi connectivity index (χ4n) is 2.67. The molecule has 0 spiro atoms. The van der Waals surface area contributed by atoms with Crippen molar-refractivity contribution in [3.63, 3.8) is 0 Å². The van der Waals surface area contributed by atoms with Crippen molar-refractivity contribution in [2.45, 2.75) is 32.7 Å². The van der Waals surface area contributed by atoms with Crippen LogP contribution in [0.3, 0.4) is 0 Å². The Balaban J connectivity index is 1.57. The maximum Gasteiger partial charge on any atom is 0.184 e. The number of benzene rings is 2. The highest BCUT2D eigenvalue weighted by Crippen LogP contribution is 2.23. The van der Waals surface area contributed by atoms with E-state index in [1.54, 1.807) is 0 Å². The molecule has 1 fully saturated rings. The summed E-state index contributed by atoms with van der Waals surface area (Å²) in [5.41, 5.74) is 4.98. The first-order valence-corrected chi connectivity index (χ1v) is 7.84. The Morgan fingerprint density at radius 3 is 2.50 bits per heavy atom. The van der Waals surface area contributed by atoms with Gasteiger partial charge in [0.1, 0.15) is 0 Å². The van der Waals surface area contributed by atoms with Crippen LogP contribution in [0.1, 0.15) is 41.5 Å². The summed E-state index contributed by atoms with van der Waals surface area (Å²) >= 11 is 0. The molecular formula is C19H23NO2. The highest BCUT2D eigenvalue weighted by atomic mass is 16.7. The molecule has 2 aromatic carbocycles. The first-order valence-electron chi connectivity index (χ1n) is 7.84. The molecular weight excluding hydrogens is 274 g/mol. The van der Waals surface area contributed by atoms with Crippen LogP contribution in [-0.4, -0.2) is 13.2 Å². The van der Waals surface area contributed by atoms with Gasteiger partial charge in [-0.3, -0.25) is 0 Å². The van der Waals surface area contributed by atoms with Gasteiger partial charge in [0, 0.05) is 18.2 Å². The van der Waals surface area contributed by atoms with Gasteiger partial charge in [0.15, 0.2) is 6.29 Å². The number of hydrogen-bond donors (Lipinski definition) is 1. The third-order valence-corrected chi connectivity index (χ3v) is 4.03. The summed E-state index contributed by atoms with van der Waals surface area (Å²) in [6, 6.07) is 17.4.